The zero-order valence-corrected chi connectivity index (χ0v) is 14.8. The Kier molecular flexibility index (Phi) is 4.57. The third-order valence-electron chi connectivity index (χ3n) is 5.37. The van der Waals surface area contributed by atoms with Crippen LogP contribution in [0.1, 0.15) is 41.8 Å². The van der Waals surface area contributed by atoms with Crippen molar-refractivity contribution in [3.8, 4) is 11.3 Å². The summed E-state index contributed by atoms with van der Waals surface area (Å²) in [5.41, 5.74) is 2.90. The van der Waals surface area contributed by atoms with Gasteiger partial charge in [0, 0.05) is 30.8 Å². The summed E-state index contributed by atoms with van der Waals surface area (Å²) in [6.45, 7) is 6.19. The molecule has 0 spiro atoms. The number of hydrogen-bond acceptors (Lipinski definition) is 4. The lowest BCUT2D eigenvalue weighted by atomic mass is 10.1. The Morgan fingerprint density at radius 1 is 1.16 bits per heavy atom. The molecule has 1 atom stereocenters. The van der Waals surface area contributed by atoms with Crippen LogP contribution in [0.2, 0.25) is 0 Å². The molecule has 0 radical (unpaired) electrons. The smallest absolute Gasteiger partial charge is 0.292 e. The van der Waals surface area contributed by atoms with Crippen molar-refractivity contribution >= 4 is 5.91 Å². The van der Waals surface area contributed by atoms with E-state index in [1.807, 2.05) is 29.2 Å². The Morgan fingerprint density at radius 2 is 1.92 bits per heavy atom. The third kappa shape index (κ3) is 3.47. The van der Waals surface area contributed by atoms with Crippen LogP contribution in [0.4, 0.5) is 0 Å². The monoisotopic (exact) mass is 339 g/mol. The van der Waals surface area contributed by atoms with Crippen LogP contribution in [0.25, 0.3) is 11.3 Å². The minimum atomic E-state index is -0.0208. The van der Waals surface area contributed by atoms with E-state index >= 15 is 0 Å². The number of rotatable bonds is 4. The number of aryl methyl sites for hydroxylation is 1. The first-order valence-corrected chi connectivity index (χ1v) is 9.28. The maximum absolute atomic E-state index is 12.9. The van der Waals surface area contributed by atoms with Gasteiger partial charge in [0.1, 0.15) is 5.69 Å². The second kappa shape index (κ2) is 7.00. The second-order valence-corrected chi connectivity index (χ2v) is 7.24. The highest BCUT2D eigenvalue weighted by Gasteiger charge is 2.33. The first kappa shape index (κ1) is 16.3. The highest BCUT2D eigenvalue weighted by atomic mass is 16.5. The largest absolute Gasteiger partial charge is 0.350 e. The van der Waals surface area contributed by atoms with E-state index in [-0.39, 0.29) is 5.91 Å². The summed E-state index contributed by atoms with van der Waals surface area (Å²) in [7, 11) is 0. The Morgan fingerprint density at radius 3 is 2.68 bits per heavy atom. The van der Waals surface area contributed by atoms with Crippen molar-refractivity contribution in [1.29, 1.82) is 0 Å². The van der Waals surface area contributed by atoms with Crippen LogP contribution in [0.5, 0.6) is 0 Å². The van der Waals surface area contributed by atoms with E-state index < -0.39 is 0 Å². The lowest BCUT2D eigenvalue weighted by Gasteiger charge is -2.27. The van der Waals surface area contributed by atoms with Crippen LogP contribution in [0.3, 0.4) is 0 Å². The summed E-state index contributed by atoms with van der Waals surface area (Å²) in [4.78, 5) is 17.4. The fourth-order valence-corrected chi connectivity index (χ4v) is 3.93. The maximum Gasteiger partial charge on any atom is 0.292 e. The molecule has 0 aliphatic carbocycles. The van der Waals surface area contributed by atoms with Gasteiger partial charge in [0.15, 0.2) is 0 Å². The van der Waals surface area contributed by atoms with Gasteiger partial charge >= 0.3 is 0 Å². The molecule has 0 bridgehead atoms. The Balaban J connectivity index is 1.47. The van der Waals surface area contributed by atoms with E-state index in [0.717, 1.165) is 37.2 Å². The summed E-state index contributed by atoms with van der Waals surface area (Å²) in [5, 5.41) is 4.10. The van der Waals surface area contributed by atoms with Gasteiger partial charge in [-0.1, -0.05) is 35.0 Å². The summed E-state index contributed by atoms with van der Waals surface area (Å²) < 4.78 is 5.39. The van der Waals surface area contributed by atoms with Gasteiger partial charge in [-0.15, -0.1) is 0 Å². The van der Waals surface area contributed by atoms with E-state index in [2.05, 4.69) is 17.0 Å². The Bertz CT molecular complexity index is 732. The lowest BCUT2D eigenvalue weighted by molar-refractivity contribution is 0.0667. The van der Waals surface area contributed by atoms with Gasteiger partial charge in [-0.3, -0.25) is 4.79 Å². The molecule has 0 N–H and O–H groups in total. The third-order valence-corrected chi connectivity index (χ3v) is 5.37. The number of benzene rings is 1. The van der Waals surface area contributed by atoms with Crippen molar-refractivity contribution in [2.45, 2.75) is 38.6 Å². The topological polar surface area (TPSA) is 49.6 Å². The molecule has 5 nitrogen and oxygen atoms in total. The van der Waals surface area contributed by atoms with Crippen molar-refractivity contribution < 1.29 is 9.32 Å². The van der Waals surface area contributed by atoms with Gasteiger partial charge in [-0.05, 0) is 45.7 Å². The molecule has 1 unspecified atom stereocenters. The van der Waals surface area contributed by atoms with E-state index in [1.54, 1.807) is 6.07 Å². The molecule has 1 aromatic heterocycles. The number of aromatic nitrogens is 1. The number of amides is 1. The van der Waals surface area contributed by atoms with E-state index in [4.69, 9.17) is 4.52 Å². The molecular weight excluding hydrogens is 314 g/mol. The molecule has 4 rings (SSSR count). The van der Waals surface area contributed by atoms with Gasteiger partial charge in [-0.25, -0.2) is 0 Å². The number of carbonyl (C=O) groups is 1. The van der Waals surface area contributed by atoms with Gasteiger partial charge in [0.25, 0.3) is 5.91 Å². The normalized spacial score (nSPS) is 21.2. The van der Waals surface area contributed by atoms with E-state index in [0.29, 0.717) is 11.8 Å². The first-order chi connectivity index (χ1) is 12.2. The molecular formula is C20H25N3O2. The van der Waals surface area contributed by atoms with Gasteiger partial charge in [0.2, 0.25) is 5.76 Å². The number of carbonyl (C=O) groups excluding carboxylic acids is 1. The molecule has 132 valence electrons. The zero-order chi connectivity index (χ0) is 17.2. The molecule has 2 aromatic rings. The van der Waals surface area contributed by atoms with Crippen LogP contribution in [-0.2, 0) is 0 Å². The summed E-state index contributed by atoms with van der Waals surface area (Å²) >= 11 is 0. The van der Waals surface area contributed by atoms with Crippen LogP contribution in [0.15, 0.2) is 34.9 Å². The molecule has 2 aliphatic rings. The number of nitrogens with zero attached hydrogens (tertiary/aromatic N) is 3. The molecule has 2 fully saturated rings. The predicted molar refractivity (Wildman–Crippen MR) is 96.4 cm³/mol. The molecule has 1 amide bonds. The van der Waals surface area contributed by atoms with Gasteiger partial charge in [0.05, 0.1) is 0 Å². The summed E-state index contributed by atoms with van der Waals surface area (Å²) in [5.74, 6) is 0.330. The minimum absolute atomic E-state index is 0.0208. The highest BCUT2D eigenvalue weighted by Crippen LogP contribution is 2.25. The van der Waals surface area contributed by atoms with Crippen molar-refractivity contribution in [1.82, 2.24) is 15.0 Å². The lowest BCUT2D eigenvalue weighted by Crippen LogP contribution is -2.42. The van der Waals surface area contributed by atoms with E-state index in [9.17, 15) is 4.79 Å². The van der Waals surface area contributed by atoms with Crippen LogP contribution >= 0.6 is 0 Å². The average Bonchev–Trinajstić information content (AvgIpc) is 3.37. The predicted octanol–water partition coefficient (Wildman–Crippen LogP) is 3.35. The molecule has 25 heavy (non-hydrogen) atoms. The zero-order valence-electron chi connectivity index (χ0n) is 14.8. The fraction of sp³-hybridized carbons (Fsp3) is 0.500. The summed E-state index contributed by atoms with van der Waals surface area (Å²) in [6, 6.07) is 10.2. The Labute approximate surface area is 148 Å². The van der Waals surface area contributed by atoms with Crippen LogP contribution in [-0.4, -0.2) is 53.1 Å². The van der Waals surface area contributed by atoms with Crippen molar-refractivity contribution in [2.24, 2.45) is 0 Å². The molecule has 2 saturated heterocycles. The second-order valence-electron chi connectivity index (χ2n) is 7.24. The Hall–Kier alpha value is -2.14. The molecule has 5 heteroatoms. The average molecular weight is 339 g/mol. The van der Waals surface area contributed by atoms with E-state index in [1.165, 1.54) is 31.5 Å². The van der Waals surface area contributed by atoms with Crippen molar-refractivity contribution in [3.05, 3.63) is 41.7 Å². The fourth-order valence-electron chi connectivity index (χ4n) is 3.93. The van der Waals surface area contributed by atoms with Crippen LogP contribution < -0.4 is 0 Å². The van der Waals surface area contributed by atoms with Crippen molar-refractivity contribution in [2.75, 3.05) is 26.2 Å². The first-order valence-electron chi connectivity index (χ1n) is 9.28. The standard InChI is InChI=1S/C20H25N3O2/c1-15-6-8-16(9-7-15)18-13-19(25-21-18)20(24)23-12-4-5-17(23)14-22-10-2-3-11-22/h6-9,13,17H,2-5,10-12,14H2,1H3. The molecule has 0 saturated carbocycles. The van der Waals surface area contributed by atoms with Crippen LogP contribution in [0, 0.1) is 6.92 Å². The van der Waals surface area contributed by atoms with Crippen molar-refractivity contribution in [3.63, 3.8) is 0 Å². The van der Waals surface area contributed by atoms with Gasteiger partial charge in [-0.2, -0.15) is 0 Å². The quantitative estimate of drug-likeness (QED) is 0.857. The highest BCUT2D eigenvalue weighted by molar-refractivity contribution is 5.92. The molecule has 3 heterocycles. The SMILES string of the molecule is Cc1ccc(-c2cc(C(=O)N3CCCC3CN3CCCC3)on2)cc1. The number of hydrogen-bond donors (Lipinski definition) is 0. The number of likely N-dealkylation sites (tertiary alicyclic amines) is 2. The van der Waals surface area contributed by atoms with Gasteiger partial charge < -0.3 is 14.3 Å². The minimum Gasteiger partial charge on any atom is -0.350 e. The molecule has 1 aromatic carbocycles. The summed E-state index contributed by atoms with van der Waals surface area (Å²) in [6.07, 6.45) is 4.72. The molecule has 2 aliphatic heterocycles. The maximum atomic E-state index is 12.9.